The molecule has 0 atom stereocenters. The molecule has 156 valence electrons. The largest absolute Gasteiger partial charge is 0.508 e. The zero-order valence-corrected chi connectivity index (χ0v) is 17.5. The summed E-state index contributed by atoms with van der Waals surface area (Å²) in [5, 5.41) is 15.4. The summed E-state index contributed by atoms with van der Waals surface area (Å²) in [7, 11) is 0. The van der Waals surface area contributed by atoms with Gasteiger partial charge in [-0.1, -0.05) is 24.3 Å². The smallest absolute Gasteiger partial charge is 0.270 e. The fourth-order valence-electron chi connectivity index (χ4n) is 4.19. The highest BCUT2D eigenvalue weighted by atomic mass is 16.3. The Morgan fingerprint density at radius 3 is 2.43 bits per heavy atom. The van der Waals surface area contributed by atoms with Crippen LogP contribution in [0.1, 0.15) is 48.3 Å². The predicted molar refractivity (Wildman–Crippen MR) is 117 cm³/mol. The van der Waals surface area contributed by atoms with Crippen LogP contribution in [0.15, 0.2) is 47.6 Å². The molecule has 2 aromatic rings. The highest BCUT2D eigenvalue weighted by Crippen LogP contribution is 2.30. The number of carbonyl (C=O) groups is 2. The zero-order chi connectivity index (χ0) is 21.3. The van der Waals surface area contributed by atoms with Crippen molar-refractivity contribution in [1.29, 1.82) is 0 Å². The lowest BCUT2D eigenvalue weighted by molar-refractivity contribution is -0.125. The van der Waals surface area contributed by atoms with E-state index in [1.165, 1.54) is 10.6 Å². The highest BCUT2D eigenvalue weighted by Gasteiger charge is 2.31. The Kier molecular flexibility index (Phi) is 5.57. The number of carbonyl (C=O) groups excluding carboxylic acids is 2. The molecule has 6 nitrogen and oxygen atoms in total. The lowest BCUT2D eigenvalue weighted by Crippen LogP contribution is -2.44. The number of amides is 2. The van der Waals surface area contributed by atoms with Crippen molar-refractivity contribution in [3.05, 3.63) is 59.2 Å². The number of nitrogens with zero attached hydrogens (tertiary/aromatic N) is 3. The molecule has 30 heavy (non-hydrogen) atoms. The van der Waals surface area contributed by atoms with Crippen LogP contribution in [0, 0.1) is 13.8 Å². The number of aromatic hydroxyl groups is 1. The van der Waals surface area contributed by atoms with Gasteiger partial charge in [-0.05, 0) is 67.5 Å². The SMILES string of the molecule is Cc1ccc(C)c(N2N=C(C(=O)N3CCC(c4ccc(O)cc4)CC3)CCC2=O)c1. The van der Waals surface area contributed by atoms with Crippen molar-refractivity contribution in [3.63, 3.8) is 0 Å². The van der Waals surface area contributed by atoms with E-state index in [9.17, 15) is 14.7 Å². The molecule has 1 N–H and O–H groups in total. The van der Waals surface area contributed by atoms with Crippen molar-refractivity contribution in [1.82, 2.24) is 4.90 Å². The normalized spacial score (nSPS) is 17.8. The third-order valence-corrected chi connectivity index (χ3v) is 6.02. The first-order valence-electron chi connectivity index (χ1n) is 10.5. The van der Waals surface area contributed by atoms with E-state index in [1.54, 1.807) is 12.1 Å². The molecule has 0 aliphatic carbocycles. The van der Waals surface area contributed by atoms with E-state index in [2.05, 4.69) is 5.10 Å². The van der Waals surface area contributed by atoms with Crippen LogP contribution in [0.3, 0.4) is 0 Å². The molecule has 2 aliphatic heterocycles. The molecular formula is C24H27N3O3. The molecule has 2 aromatic carbocycles. The van der Waals surface area contributed by atoms with Gasteiger partial charge in [0, 0.05) is 25.9 Å². The number of hydrogen-bond donors (Lipinski definition) is 1. The monoisotopic (exact) mass is 405 g/mol. The predicted octanol–water partition coefficient (Wildman–Crippen LogP) is 3.90. The van der Waals surface area contributed by atoms with Crippen LogP contribution in [0.2, 0.25) is 0 Å². The quantitative estimate of drug-likeness (QED) is 0.842. The van der Waals surface area contributed by atoms with E-state index in [1.807, 2.05) is 49.1 Å². The molecule has 0 bridgehead atoms. The standard InChI is InChI=1S/C24H27N3O3/c1-16-3-4-17(2)22(15-16)27-23(29)10-9-21(25-27)24(30)26-13-11-19(12-14-26)18-5-7-20(28)8-6-18/h3-8,15,19,28H,9-14H2,1-2H3. The minimum atomic E-state index is -0.0775. The molecule has 1 fully saturated rings. The second-order valence-corrected chi connectivity index (χ2v) is 8.20. The number of rotatable bonds is 3. The van der Waals surface area contributed by atoms with Crippen LogP contribution in [-0.4, -0.2) is 40.6 Å². The number of benzene rings is 2. The Morgan fingerprint density at radius 2 is 1.73 bits per heavy atom. The van der Waals surface area contributed by atoms with Crippen LogP contribution in [0.4, 0.5) is 5.69 Å². The Bertz CT molecular complexity index is 989. The Hall–Kier alpha value is -3.15. The first kappa shape index (κ1) is 20.1. The van der Waals surface area contributed by atoms with Crippen molar-refractivity contribution in [2.24, 2.45) is 5.10 Å². The van der Waals surface area contributed by atoms with Gasteiger partial charge in [0.1, 0.15) is 11.5 Å². The van der Waals surface area contributed by atoms with Crippen LogP contribution in [0.5, 0.6) is 5.75 Å². The number of phenolic OH excluding ortho intramolecular Hbond substituents is 1. The summed E-state index contributed by atoms with van der Waals surface area (Å²) in [5.74, 6) is 0.508. The summed E-state index contributed by atoms with van der Waals surface area (Å²) in [6.45, 7) is 5.26. The molecule has 0 spiro atoms. The summed E-state index contributed by atoms with van der Waals surface area (Å²) < 4.78 is 0. The van der Waals surface area contributed by atoms with Gasteiger partial charge in [0.05, 0.1) is 5.69 Å². The highest BCUT2D eigenvalue weighted by molar-refractivity contribution is 6.40. The van der Waals surface area contributed by atoms with Crippen molar-refractivity contribution >= 4 is 23.2 Å². The average molecular weight is 405 g/mol. The molecule has 4 rings (SSSR count). The number of hydrogen-bond acceptors (Lipinski definition) is 4. The van der Waals surface area contributed by atoms with Crippen molar-refractivity contribution in [2.75, 3.05) is 18.1 Å². The van der Waals surface area contributed by atoms with Gasteiger partial charge >= 0.3 is 0 Å². The maximum Gasteiger partial charge on any atom is 0.270 e. The number of piperidine rings is 1. The van der Waals surface area contributed by atoms with Crippen LogP contribution in [0.25, 0.3) is 0 Å². The molecule has 2 aliphatic rings. The van der Waals surface area contributed by atoms with Gasteiger partial charge in [-0.25, -0.2) is 5.01 Å². The number of likely N-dealkylation sites (tertiary alicyclic amines) is 1. The van der Waals surface area contributed by atoms with Gasteiger partial charge in [0.2, 0.25) is 5.91 Å². The van der Waals surface area contributed by atoms with Gasteiger partial charge in [-0.15, -0.1) is 0 Å². The van der Waals surface area contributed by atoms with Crippen LogP contribution in [-0.2, 0) is 9.59 Å². The second kappa shape index (κ2) is 8.30. The van der Waals surface area contributed by atoms with E-state index in [-0.39, 0.29) is 17.6 Å². The second-order valence-electron chi connectivity index (χ2n) is 8.20. The number of hydrazone groups is 1. The molecule has 6 heteroatoms. The first-order valence-corrected chi connectivity index (χ1v) is 10.5. The van der Waals surface area contributed by atoms with Gasteiger partial charge in [0.15, 0.2) is 0 Å². The van der Waals surface area contributed by atoms with E-state index >= 15 is 0 Å². The van der Waals surface area contributed by atoms with E-state index in [0.29, 0.717) is 37.6 Å². The van der Waals surface area contributed by atoms with E-state index in [0.717, 1.165) is 29.7 Å². The molecule has 0 saturated carbocycles. The van der Waals surface area contributed by atoms with Gasteiger partial charge in [-0.3, -0.25) is 9.59 Å². The fraction of sp³-hybridized carbons (Fsp3) is 0.375. The molecule has 2 amide bonds. The average Bonchev–Trinajstić information content (AvgIpc) is 2.76. The maximum atomic E-state index is 13.1. The van der Waals surface area contributed by atoms with Gasteiger partial charge in [-0.2, -0.15) is 5.10 Å². The Morgan fingerprint density at radius 1 is 1.03 bits per heavy atom. The Balaban J connectivity index is 1.47. The van der Waals surface area contributed by atoms with E-state index in [4.69, 9.17) is 0 Å². The third kappa shape index (κ3) is 4.08. The molecule has 0 aromatic heterocycles. The zero-order valence-electron chi connectivity index (χ0n) is 17.5. The lowest BCUT2D eigenvalue weighted by atomic mass is 9.89. The topological polar surface area (TPSA) is 73.2 Å². The summed E-state index contributed by atoms with van der Waals surface area (Å²) in [5.41, 5.74) is 4.41. The minimum Gasteiger partial charge on any atom is -0.508 e. The van der Waals surface area contributed by atoms with Crippen molar-refractivity contribution in [3.8, 4) is 5.75 Å². The minimum absolute atomic E-state index is 0.0676. The number of aryl methyl sites for hydroxylation is 2. The van der Waals surface area contributed by atoms with Crippen molar-refractivity contribution < 1.29 is 14.7 Å². The summed E-state index contributed by atoms with van der Waals surface area (Å²) in [4.78, 5) is 27.5. The van der Waals surface area contributed by atoms with E-state index < -0.39 is 0 Å². The fourth-order valence-corrected chi connectivity index (χ4v) is 4.19. The summed E-state index contributed by atoms with van der Waals surface area (Å²) >= 11 is 0. The summed E-state index contributed by atoms with van der Waals surface area (Å²) in [6.07, 6.45) is 2.44. The maximum absolute atomic E-state index is 13.1. The van der Waals surface area contributed by atoms with Crippen LogP contribution >= 0.6 is 0 Å². The number of anilines is 1. The molecule has 0 unspecified atom stereocenters. The third-order valence-electron chi connectivity index (χ3n) is 6.02. The molecule has 2 heterocycles. The van der Waals surface area contributed by atoms with Crippen LogP contribution < -0.4 is 5.01 Å². The first-order chi connectivity index (χ1) is 14.4. The van der Waals surface area contributed by atoms with Gasteiger partial charge < -0.3 is 10.0 Å². The molecule has 1 saturated heterocycles. The van der Waals surface area contributed by atoms with Crippen molar-refractivity contribution in [2.45, 2.75) is 45.4 Å². The summed E-state index contributed by atoms with van der Waals surface area (Å²) in [6, 6.07) is 13.2. The molecule has 0 radical (unpaired) electrons. The number of phenols is 1. The molecular weight excluding hydrogens is 378 g/mol. The Labute approximate surface area is 176 Å². The van der Waals surface area contributed by atoms with Gasteiger partial charge in [0.25, 0.3) is 5.91 Å². The lowest BCUT2D eigenvalue weighted by Gasteiger charge is -2.33.